The zero-order chi connectivity index (χ0) is 24.6. The molecule has 0 spiro atoms. The van der Waals surface area contributed by atoms with Gasteiger partial charge in [0.25, 0.3) is 0 Å². The molecule has 0 rings (SSSR count). The third kappa shape index (κ3) is 18.9. The van der Waals surface area contributed by atoms with Gasteiger partial charge < -0.3 is 23.7 Å². The van der Waals surface area contributed by atoms with Crippen LogP contribution in [-0.2, 0) is 33.3 Å². The number of hydrogen-bond donors (Lipinski definition) is 0. The first-order valence-corrected chi connectivity index (χ1v) is 13.1. The minimum atomic E-state index is -0.540. The van der Waals surface area contributed by atoms with Gasteiger partial charge in [0, 0.05) is 0 Å². The van der Waals surface area contributed by atoms with Crippen LogP contribution in [0, 0.1) is 0 Å². The van der Waals surface area contributed by atoms with Crippen LogP contribution in [0.25, 0.3) is 0 Å². The number of esters is 2. The van der Waals surface area contributed by atoms with E-state index in [1.54, 1.807) is 0 Å². The molecular formula is C26H50O7. The fraction of sp³-hybridized carbons (Fsp3) is 0.923. The quantitative estimate of drug-likeness (QED) is 0.133. The number of carbonyl (C=O) groups excluding carboxylic acids is 2. The van der Waals surface area contributed by atoms with Crippen molar-refractivity contribution in [3.05, 3.63) is 0 Å². The molecule has 0 aliphatic heterocycles. The van der Waals surface area contributed by atoms with Crippen LogP contribution in [0.3, 0.4) is 0 Å². The summed E-state index contributed by atoms with van der Waals surface area (Å²) in [7, 11) is 2.77. The van der Waals surface area contributed by atoms with Crippen molar-refractivity contribution in [1.82, 2.24) is 0 Å². The molecule has 0 saturated heterocycles. The van der Waals surface area contributed by atoms with Crippen molar-refractivity contribution in [3.8, 4) is 0 Å². The summed E-state index contributed by atoms with van der Waals surface area (Å²) in [5, 5.41) is 0. The molecule has 0 aromatic heterocycles. The first-order valence-electron chi connectivity index (χ1n) is 13.1. The summed E-state index contributed by atoms with van der Waals surface area (Å²) in [5.74, 6) is -0.662. The molecule has 196 valence electrons. The lowest BCUT2D eigenvalue weighted by Gasteiger charge is -2.17. The summed E-state index contributed by atoms with van der Waals surface area (Å²) >= 11 is 0. The largest absolute Gasteiger partial charge is 0.467 e. The lowest BCUT2D eigenvalue weighted by Crippen LogP contribution is -2.28. The Hall–Kier alpha value is -1.18. The maximum Gasteiger partial charge on any atom is 0.334 e. The van der Waals surface area contributed by atoms with Crippen LogP contribution >= 0.6 is 0 Å². The molecule has 0 aliphatic rings. The smallest absolute Gasteiger partial charge is 0.334 e. The number of methoxy groups -OCH3 is 2. The first-order chi connectivity index (χ1) is 16.1. The van der Waals surface area contributed by atoms with E-state index in [1.165, 1.54) is 65.6 Å². The molecule has 2 unspecified atom stereocenters. The van der Waals surface area contributed by atoms with Crippen LogP contribution in [0.4, 0.5) is 0 Å². The molecular weight excluding hydrogens is 424 g/mol. The second kappa shape index (κ2) is 24.0. The van der Waals surface area contributed by atoms with Gasteiger partial charge in [-0.15, -0.1) is 0 Å². The Morgan fingerprint density at radius 3 is 1.27 bits per heavy atom. The maximum absolute atomic E-state index is 11.9. The van der Waals surface area contributed by atoms with Crippen molar-refractivity contribution in [2.24, 2.45) is 0 Å². The van der Waals surface area contributed by atoms with Gasteiger partial charge in [0.1, 0.15) is 0 Å². The van der Waals surface area contributed by atoms with Crippen molar-refractivity contribution in [2.45, 2.75) is 116 Å². The number of carbonyl (C=O) groups is 2. The summed E-state index contributed by atoms with van der Waals surface area (Å²) in [4.78, 5) is 23.8. The summed E-state index contributed by atoms with van der Waals surface area (Å²) in [5.41, 5.74) is 0. The summed E-state index contributed by atoms with van der Waals surface area (Å²) in [6.45, 7) is 5.73. The Morgan fingerprint density at radius 1 is 0.545 bits per heavy atom. The predicted molar refractivity (Wildman–Crippen MR) is 130 cm³/mol. The third-order valence-electron chi connectivity index (χ3n) is 5.66. The molecule has 0 aliphatic carbocycles. The zero-order valence-corrected chi connectivity index (χ0v) is 21.7. The van der Waals surface area contributed by atoms with Crippen molar-refractivity contribution in [3.63, 3.8) is 0 Å². The highest BCUT2D eigenvalue weighted by Crippen LogP contribution is 2.13. The van der Waals surface area contributed by atoms with Crippen molar-refractivity contribution >= 4 is 11.9 Å². The fourth-order valence-electron chi connectivity index (χ4n) is 3.62. The number of hydrogen-bond acceptors (Lipinski definition) is 7. The average Bonchev–Trinajstić information content (AvgIpc) is 2.83. The molecule has 33 heavy (non-hydrogen) atoms. The van der Waals surface area contributed by atoms with Gasteiger partial charge in [0.2, 0.25) is 0 Å². The predicted octanol–water partition coefficient (Wildman–Crippen LogP) is 5.62. The van der Waals surface area contributed by atoms with Crippen molar-refractivity contribution < 1.29 is 33.3 Å². The molecule has 0 aromatic carbocycles. The Bertz CT molecular complexity index is 416. The van der Waals surface area contributed by atoms with Crippen LogP contribution in [-0.4, -0.2) is 64.8 Å². The molecule has 0 fully saturated rings. The van der Waals surface area contributed by atoms with Gasteiger partial charge in [0.15, 0.2) is 12.2 Å². The summed E-state index contributed by atoms with van der Waals surface area (Å²) in [6, 6.07) is 0. The lowest BCUT2D eigenvalue weighted by atomic mass is 10.1. The molecule has 0 heterocycles. The van der Waals surface area contributed by atoms with E-state index in [1.807, 2.05) is 0 Å². The topological polar surface area (TPSA) is 80.3 Å². The van der Waals surface area contributed by atoms with E-state index in [0.717, 1.165) is 25.7 Å². The van der Waals surface area contributed by atoms with Gasteiger partial charge in [0.05, 0.1) is 40.6 Å². The molecule has 2 atom stereocenters. The van der Waals surface area contributed by atoms with E-state index in [0.29, 0.717) is 39.3 Å². The molecule has 0 aromatic rings. The Labute approximate surface area is 202 Å². The molecule has 7 nitrogen and oxygen atoms in total. The Morgan fingerprint density at radius 2 is 0.909 bits per heavy atom. The number of ether oxygens (including phenoxy) is 5. The molecule has 0 saturated carbocycles. The van der Waals surface area contributed by atoms with E-state index < -0.39 is 12.2 Å². The van der Waals surface area contributed by atoms with E-state index in [9.17, 15) is 9.59 Å². The standard InChI is InChI=1S/C26H50O7/c1-5-7-9-11-13-15-17-23(25(27)29-3)32-21-19-31-20-22-33-24(26(28)30-4)18-16-14-12-10-8-6-2/h23-24H,5-22H2,1-4H3. The fourth-order valence-corrected chi connectivity index (χ4v) is 3.62. The highest BCUT2D eigenvalue weighted by Gasteiger charge is 2.20. The van der Waals surface area contributed by atoms with Crippen LogP contribution < -0.4 is 0 Å². The van der Waals surface area contributed by atoms with Crippen LogP contribution in [0.15, 0.2) is 0 Å². The molecule has 0 amide bonds. The number of rotatable bonds is 24. The third-order valence-corrected chi connectivity index (χ3v) is 5.66. The van der Waals surface area contributed by atoms with E-state index in [2.05, 4.69) is 13.8 Å². The van der Waals surface area contributed by atoms with Gasteiger partial charge in [-0.05, 0) is 12.8 Å². The molecule has 0 bridgehead atoms. The monoisotopic (exact) mass is 474 g/mol. The van der Waals surface area contributed by atoms with Crippen molar-refractivity contribution in [2.75, 3.05) is 40.6 Å². The SMILES string of the molecule is CCCCCCCCC(OCCOCCOC(CCCCCCCC)C(=O)OC)C(=O)OC. The van der Waals surface area contributed by atoms with Gasteiger partial charge in [-0.3, -0.25) is 0 Å². The highest BCUT2D eigenvalue weighted by molar-refractivity contribution is 5.74. The summed E-state index contributed by atoms with van der Waals surface area (Å²) < 4.78 is 26.6. The van der Waals surface area contributed by atoms with Crippen LogP contribution in [0.2, 0.25) is 0 Å². The maximum atomic E-state index is 11.9. The lowest BCUT2D eigenvalue weighted by molar-refractivity contribution is -0.156. The van der Waals surface area contributed by atoms with Gasteiger partial charge in [-0.2, -0.15) is 0 Å². The minimum Gasteiger partial charge on any atom is -0.467 e. The highest BCUT2D eigenvalue weighted by atomic mass is 16.6. The first kappa shape index (κ1) is 31.8. The zero-order valence-electron chi connectivity index (χ0n) is 21.7. The van der Waals surface area contributed by atoms with E-state index >= 15 is 0 Å². The van der Waals surface area contributed by atoms with E-state index in [-0.39, 0.29) is 11.9 Å². The Kier molecular flexibility index (Phi) is 23.1. The average molecular weight is 475 g/mol. The van der Waals surface area contributed by atoms with Crippen molar-refractivity contribution in [1.29, 1.82) is 0 Å². The second-order valence-corrected chi connectivity index (χ2v) is 8.49. The van der Waals surface area contributed by atoms with Gasteiger partial charge >= 0.3 is 11.9 Å². The van der Waals surface area contributed by atoms with Gasteiger partial charge in [-0.25, -0.2) is 9.59 Å². The van der Waals surface area contributed by atoms with E-state index in [4.69, 9.17) is 23.7 Å². The minimum absolute atomic E-state index is 0.313. The molecule has 0 radical (unpaired) electrons. The molecule has 0 N–H and O–H groups in total. The normalized spacial score (nSPS) is 13.0. The molecule has 7 heteroatoms. The number of unbranched alkanes of at least 4 members (excludes halogenated alkanes) is 10. The van der Waals surface area contributed by atoms with Gasteiger partial charge in [-0.1, -0.05) is 90.9 Å². The van der Waals surface area contributed by atoms with Crippen LogP contribution in [0.5, 0.6) is 0 Å². The Balaban J connectivity index is 3.97. The summed E-state index contributed by atoms with van der Waals surface area (Å²) in [6.07, 6.45) is 14.2. The van der Waals surface area contributed by atoms with Crippen LogP contribution in [0.1, 0.15) is 104 Å². The second-order valence-electron chi connectivity index (χ2n) is 8.49.